The van der Waals surface area contributed by atoms with Crippen LogP contribution in [0.4, 0.5) is 0 Å². The Balaban J connectivity index is 4.20. The molecule has 0 aromatic heterocycles. The topological polar surface area (TPSA) is 30.9 Å². The molecular weight excluding hydrogens is 164 g/mol. The Morgan fingerprint density at radius 1 is 1.23 bits per heavy atom. The predicted molar refractivity (Wildman–Crippen MR) is 58.2 cm³/mol. The summed E-state index contributed by atoms with van der Waals surface area (Å²) in [6, 6.07) is 0.426. The van der Waals surface area contributed by atoms with E-state index in [0.29, 0.717) is 6.04 Å². The zero-order chi connectivity index (χ0) is 10.4. The van der Waals surface area contributed by atoms with Gasteiger partial charge < -0.3 is 15.1 Å². The first-order chi connectivity index (χ1) is 5.99. The molecule has 0 fully saturated rings. The van der Waals surface area contributed by atoms with Crippen molar-refractivity contribution in [2.75, 3.05) is 41.8 Å². The minimum Gasteiger partial charge on any atom is -0.349 e. The predicted octanol–water partition coefficient (Wildman–Crippen LogP) is 0.0735. The van der Waals surface area contributed by atoms with Gasteiger partial charge in [-0.25, -0.2) is 0 Å². The van der Waals surface area contributed by atoms with Crippen molar-refractivity contribution in [2.45, 2.75) is 13.0 Å². The Morgan fingerprint density at radius 2 is 1.69 bits per heavy atom. The van der Waals surface area contributed by atoms with E-state index in [9.17, 15) is 0 Å². The standard InChI is InChI=1S/C9H22N4/c1-8(10-2)7-11-9(12(3)4)13(5)6/h8,10H,7H2,1-6H3/t8-/m1/s1. The maximum atomic E-state index is 4.50. The molecular formula is C9H22N4. The van der Waals surface area contributed by atoms with Gasteiger partial charge in [0.15, 0.2) is 5.96 Å². The second-order valence-electron chi connectivity index (χ2n) is 3.62. The van der Waals surface area contributed by atoms with Crippen LogP contribution in [0.25, 0.3) is 0 Å². The smallest absolute Gasteiger partial charge is 0.195 e. The maximum Gasteiger partial charge on any atom is 0.195 e. The third-order valence-electron chi connectivity index (χ3n) is 1.80. The lowest BCUT2D eigenvalue weighted by Gasteiger charge is -2.23. The van der Waals surface area contributed by atoms with Gasteiger partial charge in [0.25, 0.3) is 0 Å². The number of nitrogens with one attached hydrogen (secondary N) is 1. The van der Waals surface area contributed by atoms with E-state index in [1.54, 1.807) is 0 Å². The Hall–Kier alpha value is -0.770. The van der Waals surface area contributed by atoms with Crippen molar-refractivity contribution in [3.05, 3.63) is 0 Å². The van der Waals surface area contributed by atoms with Gasteiger partial charge in [-0.15, -0.1) is 0 Å². The Morgan fingerprint density at radius 3 is 2.00 bits per heavy atom. The zero-order valence-corrected chi connectivity index (χ0v) is 9.63. The van der Waals surface area contributed by atoms with Crippen molar-refractivity contribution < 1.29 is 0 Å². The first kappa shape index (κ1) is 12.2. The number of rotatable bonds is 3. The van der Waals surface area contributed by atoms with E-state index < -0.39 is 0 Å². The molecule has 0 aromatic carbocycles. The molecule has 0 spiro atoms. The van der Waals surface area contributed by atoms with Crippen molar-refractivity contribution in [3.8, 4) is 0 Å². The lowest BCUT2D eigenvalue weighted by molar-refractivity contribution is 0.475. The number of hydrogen-bond donors (Lipinski definition) is 1. The summed E-state index contributed by atoms with van der Waals surface area (Å²) in [5, 5.41) is 3.15. The molecule has 0 heterocycles. The van der Waals surface area contributed by atoms with Gasteiger partial charge >= 0.3 is 0 Å². The third-order valence-corrected chi connectivity index (χ3v) is 1.80. The molecule has 0 rings (SSSR count). The Bertz CT molecular complexity index is 153. The maximum absolute atomic E-state index is 4.50. The van der Waals surface area contributed by atoms with Crippen LogP contribution < -0.4 is 5.32 Å². The van der Waals surface area contributed by atoms with Gasteiger partial charge in [0.1, 0.15) is 0 Å². The summed E-state index contributed by atoms with van der Waals surface area (Å²) in [7, 11) is 9.96. The van der Waals surface area contributed by atoms with Crippen LogP contribution in [0.5, 0.6) is 0 Å². The SMILES string of the molecule is CN[C@H](C)CN=C(N(C)C)N(C)C. The number of hydrogen-bond acceptors (Lipinski definition) is 2. The molecule has 0 radical (unpaired) electrons. The van der Waals surface area contributed by atoms with Crippen molar-refractivity contribution >= 4 is 5.96 Å². The highest BCUT2D eigenvalue weighted by atomic mass is 15.3. The minimum atomic E-state index is 0.426. The van der Waals surface area contributed by atoms with Crippen LogP contribution in [0.2, 0.25) is 0 Å². The molecule has 0 saturated carbocycles. The summed E-state index contributed by atoms with van der Waals surface area (Å²) in [6.45, 7) is 2.93. The fourth-order valence-electron chi connectivity index (χ4n) is 0.993. The van der Waals surface area contributed by atoms with Crippen molar-refractivity contribution in [3.63, 3.8) is 0 Å². The average Bonchev–Trinajstić information content (AvgIpc) is 2.03. The molecule has 0 aliphatic heterocycles. The number of nitrogens with zero attached hydrogens (tertiary/aromatic N) is 3. The highest BCUT2D eigenvalue weighted by Crippen LogP contribution is 1.90. The molecule has 0 bridgehead atoms. The molecule has 4 nitrogen and oxygen atoms in total. The fourth-order valence-corrected chi connectivity index (χ4v) is 0.993. The second-order valence-corrected chi connectivity index (χ2v) is 3.62. The fraction of sp³-hybridized carbons (Fsp3) is 0.889. The van der Waals surface area contributed by atoms with Crippen LogP contribution in [0.3, 0.4) is 0 Å². The van der Waals surface area contributed by atoms with Crippen LogP contribution in [-0.4, -0.2) is 63.6 Å². The van der Waals surface area contributed by atoms with E-state index >= 15 is 0 Å². The summed E-state index contributed by atoms with van der Waals surface area (Å²) in [6.07, 6.45) is 0. The highest BCUT2D eigenvalue weighted by Gasteiger charge is 2.04. The van der Waals surface area contributed by atoms with Gasteiger partial charge in [-0.2, -0.15) is 0 Å². The molecule has 0 aliphatic rings. The molecule has 0 saturated heterocycles. The van der Waals surface area contributed by atoms with Gasteiger partial charge in [-0.05, 0) is 14.0 Å². The summed E-state index contributed by atoms with van der Waals surface area (Å²) in [4.78, 5) is 8.53. The normalized spacial score (nSPS) is 12.2. The lowest BCUT2D eigenvalue weighted by atomic mass is 10.3. The minimum absolute atomic E-state index is 0.426. The van der Waals surface area contributed by atoms with E-state index in [0.717, 1.165) is 12.5 Å². The molecule has 1 atom stereocenters. The van der Waals surface area contributed by atoms with E-state index in [4.69, 9.17) is 0 Å². The molecule has 78 valence electrons. The summed E-state index contributed by atoms with van der Waals surface area (Å²) in [5.74, 6) is 1.00. The summed E-state index contributed by atoms with van der Waals surface area (Å²) in [5.41, 5.74) is 0. The van der Waals surface area contributed by atoms with Gasteiger partial charge in [-0.1, -0.05) is 0 Å². The van der Waals surface area contributed by atoms with E-state index in [1.807, 2.05) is 45.0 Å². The molecule has 0 amide bonds. The van der Waals surface area contributed by atoms with Crippen molar-refractivity contribution in [1.82, 2.24) is 15.1 Å². The molecule has 1 N–H and O–H groups in total. The van der Waals surface area contributed by atoms with E-state index in [-0.39, 0.29) is 0 Å². The monoisotopic (exact) mass is 186 g/mol. The van der Waals surface area contributed by atoms with Crippen LogP contribution in [0.1, 0.15) is 6.92 Å². The second kappa shape index (κ2) is 5.80. The quantitative estimate of drug-likeness (QED) is 0.500. The Kier molecular flexibility index (Phi) is 5.46. The first-order valence-corrected chi connectivity index (χ1v) is 4.55. The third kappa shape index (κ3) is 4.72. The summed E-state index contributed by atoms with van der Waals surface area (Å²) < 4.78 is 0. The van der Waals surface area contributed by atoms with Crippen molar-refractivity contribution in [2.24, 2.45) is 4.99 Å². The van der Waals surface area contributed by atoms with Crippen LogP contribution in [0, 0.1) is 0 Å². The molecule has 0 unspecified atom stereocenters. The van der Waals surface area contributed by atoms with Crippen molar-refractivity contribution in [1.29, 1.82) is 0 Å². The number of guanidine groups is 1. The van der Waals surface area contributed by atoms with Gasteiger partial charge in [0.2, 0.25) is 0 Å². The Labute approximate surface area is 81.6 Å². The molecule has 0 aromatic rings. The average molecular weight is 186 g/mol. The zero-order valence-electron chi connectivity index (χ0n) is 9.63. The summed E-state index contributed by atoms with van der Waals surface area (Å²) >= 11 is 0. The molecule has 0 aliphatic carbocycles. The van der Waals surface area contributed by atoms with Crippen LogP contribution in [-0.2, 0) is 0 Å². The van der Waals surface area contributed by atoms with Crippen LogP contribution in [0.15, 0.2) is 4.99 Å². The van der Waals surface area contributed by atoms with E-state index in [2.05, 4.69) is 17.2 Å². The molecule has 4 heteroatoms. The van der Waals surface area contributed by atoms with E-state index in [1.165, 1.54) is 0 Å². The van der Waals surface area contributed by atoms with Gasteiger partial charge in [0, 0.05) is 34.2 Å². The largest absolute Gasteiger partial charge is 0.349 e. The van der Waals surface area contributed by atoms with Crippen LogP contribution >= 0.6 is 0 Å². The lowest BCUT2D eigenvalue weighted by Crippen LogP contribution is -2.37. The molecule has 13 heavy (non-hydrogen) atoms. The number of likely N-dealkylation sites (N-methyl/N-ethyl adjacent to an activating group) is 1. The van der Waals surface area contributed by atoms with Gasteiger partial charge in [-0.3, -0.25) is 4.99 Å². The highest BCUT2D eigenvalue weighted by molar-refractivity contribution is 5.79. The van der Waals surface area contributed by atoms with Gasteiger partial charge in [0.05, 0.1) is 6.54 Å². The number of aliphatic imine (C=N–C) groups is 1. The first-order valence-electron chi connectivity index (χ1n) is 4.55.